The van der Waals surface area contributed by atoms with Crippen LogP contribution in [0.3, 0.4) is 0 Å². The fourth-order valence-electron chi connectivity index (χ4n) is 1.73. The molecule has 0 aliphatic heterocycles. The van der Waals surface area contributed by atoms with E-state index in [9.17, 15) is 18.7 Å². The van der Waals surface area contributed by atoms with Crippen LogP contribution in [0, 0.1) is 0 Å². The minimum absolute atomic E-state index is 0.186. The van der Waals surface area contributed by atoms with Crippen molar-refractivity contribution in [2.45, 2.75) is 32.1 Å². The Morgan fingerprint density at radius 2 is 2.00 bits per heavy atom. The lowest BCUT2D eigenvalue weighted by atomic mass is 9.80. The van der Waals surface area contributed by atoms with Gasteiger partial charge in [-0.15, -0.1) is 0 Å². The molecule has 94 valence electrons. The molecule has 0 amide bonds. The molecule has 5 heteroatoms. The van der Waals surface area contributed by atoms with E-state index < -0.39 is 17.8 Å². The van der Waals surface area contributed by atoms with E-state index in [1.807, 2.05) is 0 Å². The zero-order valence-corrected chi connectivity index (χ0v) is 9.58. The van der Waals surface area contributed by atoms with Crippen LogP contribution in [0.2, 0.25) is 0 Å². The third kappa shape index (κ3) is 3.15. The summed E-state index contributed by atoms with van der Waals surface area (Å²) in [5.74, 6) is -1.30. The van der Waals surface area contributed by atoms with Gasteiger partial charge in [0, 0.05) is 16.5 Å². The maximum absolute atomic E-state index is 12.4. The lowest BCUT2D eigenvalue weighted by Gasteiger charge is -2.24. The van der Waals surface area contributed by atoms with Crippen molar-refractivity contribution in [2.75, 3.05) is 0 Å². The number of carboxylic acid groups (broad SMARTS) is 1. The van der Waals surface area contributed by atoms with Gasteiger partial charge >= 0.3 is 5.97 Å². The maximum atomic E-state index is 12.4. The third-order valence-corrected chi connectivity index (χ3v) is 2.60. The number of halogens is 2. The first kappa shape index (κ1) is 13.4. The van der Waals surface area contributed by atoms with Gasteiger partial charge in [0.15, 0.2) is 0 Å². The number of phenolic OH excluding ortho intramolecular Hbond substituents is 1. The number of hydrogen-bond acceptors (Lipinski definition) is 2. The second-order valence-corrected chi connectivity index (χ2v) is 4.53. The minimum Gasteiger partial charge on any atom is -0.508 e. The summed E-state index contributed by atoms with van der Waals surface area (Å²) in [6.07, 6.45) is -2.84. The Morgan fingerprint density at radius 3 is 2.41 bits per heavy atom. The number of phenols is 1. The number of alkyl halides is 2. The molecule has 0 aliphatic carbocycles. The molecule has 0 bridgehead atoms. The largest absolute Gasteiger partial charge is 0.508 e. The van der Waals surface area contributed by atoms with Crippen LogP contribution in [0.4, 0.5) is 8.78 Å². The number of carboxylic acids is 1. The molecule has 0 fully saturated rings. The maximum Gasteiger partial charge on any atom is 0.304 e. The summed E-state index contributed by atoms with van der Waals surface area (Å²) in [4.78, 5) is 10.7. The predicted octanol–water partition coefficient (Wildman–Crippen LogP) is 3.08. The summed E-state index contributed by atoms with van der Waals surface area (Å²) in [5.41, 5.74) is -0.738. The van der Waals surface area contributed by atoms with E-state index in [0.29, 0.717) is 5.56 Å². The highest BCUT2D eigenvalue weighted by molar-refractivity contribution is 5.69. The van der Waals surface area contributed by atoms with Crippen LogP contribution in [0.25, 0.3) is 0 Å². The van der Waals surface area contributed by atoms with Gasteiger partial charge in [-0.05, 0) is 6.07 Å². The Balaban J connectivity index is 3.11. The molecule has 0 saturated carbocycles. The summed E-state index contributed by atoms with van der Waals surface area (Å²) >= 11 is 0. The molecule has 3 nitrogen and oxygen atoms in total. The fraction of sp³-hybridized carbons (Fsp3) is 0.417. The van der Waals surface area contributed by atoms with Gasteiger partial charge in [0.05, 0.1) is 6.42 Å². The topological polar surface area (TPSA) is 57.5 Å². The number of aliphatic carboxylic acids is 1. The number of rotatable bonds is 4. The molecule has 0 heterocycles. The molecular formula is C12H14F2O3. The smallest absolute Gasteiger partial charge is 0.304 e. The van der Waals surface area contributed by atoms with Gasteiger partial charge < -0.3 is 10.2 Å². The van der Waals surface area contributed by atoms with Crippen LogP contribution in [-0.2, 0) is 10.2 Å². The second-order valence-electron chi connectivity index (χ2n) is 4.53. The van der Waals surface area contributed by atoms with Crippen LogP contribution in [0.1, 0.15) is 37.8 Å². The molecule has 0 aromatic heterocycles. The van der Waals surface area contributed by atoms with E-state index >= 15 is 0 Å². The first-order valence-corrected chi connectivity index (χ1v) is 5.07. The number of carbonyl (C=O) groups is 1. The Hall–Kier alpha value is -1.65. The van der Waals surface area contributed by atoms with Gasteiger partial charge in [-0.3, -0.25) is 4.79 Å². The number of aromatic hydroxyl groups is 1. The minimum atomic E-state index is -2.66. The summed E-state index contributed by atoms with van der Waals surface area (Å²) < 4.78 is 24.8. The van der Waals surface area contributed by atoms with Gasteiger partial charge in [0.1, 0.15) is 5.75 Å². The molecule has 0 unspecified atom stereocenters. The zero-order valence-electron chi connectivity index (χ0n) is 9.58. The van der Waals surface area contributed by atoms with Crippen molar-refractivity contribution >= 4 is 5.97 Å². The molecule has 0 atom stereocenters. The molecule has 0 radical (unpaired) electrons. The van der Waals surface area contributed by atoms with Crippen LogP contribution >= 0.6 is 0 Å². The quantitative estimate of drug-likeness (QED) is 0.855. The first-order valence-electron chi connectivity index (χ1n) is 5.07. The summed E-state index contributed by atoms with van der Waals surface area (Å²) in [6.45, 7) is 3.27. The predicted molar refractivity (Wildman–Crippen MR) is 58.3 cm³/mol. The zero-order chi connectivity index (χ0) is 13.2. The van der Waals surface area contributed by atoms with E-state index in [4.69, 9.17) is 5.11 Å². The monoisotopic (exact) mass is 244 g/mol. The van der Waals surface area contributed by atoms with Gasteiger partial charge in [0.25, 0.3) is 6.43 Å². The van der Waals surface area contributed by atoms with Crippen molar-refractivity contribution in [2.24, 2.45) is 0 Å². The van der Waals surface area contributed by atoms with Gasteiger partial charge in [-0.25, -0.2) is 8.78 Å². The highest BCUT2D eigenvalue weighted by atomic mass is 19.3. The molecule has 1 aromatic rings. The van der Waals surface area contributed by atoms with Crippen molar-refractivity contribution in [1.82, 2.24) is 0 Å². The Morgan fingerprint density at radius 1 is 1.41 bits per heavy atom. The molecule has 2 N–H and O–H groups in total. The lowest BCUT2D eigenvalue weighted by Crippen LogP contribution is -2.21. The molecular weight excluding hydrogens is 230 g/mol. The average Bonchev–Trinajstić information content (AvgIpc) is 2.14. The molecule has 1 rings (SSSR count). The van der Waals surface area contributed by atoms with Gasteiger partial charge in [-0.1, -0.05) is 26.0 Å². The van der Waals surface area contributed by atoms with Crippen LogP contribution in [0.15, 0.2) is 18.2 Å². The Labute approximate surface area is 97.7 Å². The van der Waals surface area contributed by atoms with Gasteiger partial charge in [-0.2, -0.15) is 0 Å². The number of hydrogen-bond donors (Lipinski definition) is 2. The van der Waals surface area contributed by atoms with Crippen molar-refractivity contribution in [3.8, 4) is 5.75 Å². The second kappa shape index (κ2) is 4.69. The van der Waals surface area contributed by atoms with Gasteiger partial charge in [0.2, 0.25) is 0 Å². The van der Waals surface area contributed by atoms with Crippen LogP contribution < -0.4 is 0 Å². The van der Waals surface area contributed by atoms with Crippen molar-refractivity contribution in [3.63, 3.8) is 0 Å². The summed E-state index contributed by atoms with van der Waals surface area (Å²) in [7, 11) is 0. The van der Waals surface area contributed by atoms with E-state index in [1.54, 1.807) is 13.8 Å². The standard InChI is InChI=1S/C12H14F2O3/c1-12(2,6-10(16)17)8-4-3-7(11(13)14)5-9(8)15/h3-5,11,15H,6H2,1-2H3,(H,16,17). The lowest BCUT2D eigenvalue weighted by molar-refractivity contribution is -0.138. The molecule has 0 aliphatic rings. The molecule has 0 spiro atoms. The van der Waals surface area contributed by atoms with Crippen LogP contribution in [-0.4, -0.2) is 16.2 Å². The van der Waals surface area contributed by atoms with Crippen LogP contribution in [0.5, 0.6) is 5.75 Å². The van der Waals surface area contributed by atoms with E-state index in [-0.39, 0.29) is 17.7 Å². The Kier molecular flexibility index (Phi) is 3.70. The van der Waals surface area contributed by atoms with Crippen molar-refractivity contribution < 1.29 is 23.8 Å². The van der Waals surface area contributed by atoms with Crippen molar-refractivity contribution in [3.05, 3.63) is 29.3 Å². The molecule has 17 heavy (non-hydrogen) atoms. The average molecular weight is 244 g/mol. The fourth-order valence-corrected chi connectivity index (χ4v) is 1.73. The number of benzene rings is 1. The first-order chi connectivity index (χ1) is 7.74. The van der Waals surface area contributed by atoms with E-state index in [0.717, 1.165) is 6.07 Å². The molecule has 1 aromatic carbocycles. The highest BCUT2D eigenvalue weighted by Gasteiger charge is 2.27. The summed E-state index contributed by atoms with van der Waals surface area (Å²) in [6, 6.07) is 3.52. The van der Waals surface area contributed by atoms with Crippen molar-refractivity contribution in [1.29, 1.82) is 0 Å². The SMILES string of the molecule is CC(C)(CC(=O)O)c1ccc(C(F)F)cc1O. The third-order valence-electron chi connectivity index (χ3n) is 2.60. The normalized spacial score (nSPS) is 11.8. The molecule has 0 saturated heterocycles. The van der Waals surface area contributed by atoms with E-state index in [1.165, 1.54) is 12.1 Å². The Bertz CT molecular complexity index is 428. The highest BCUT2D eigenvalue weighted by Crippen LogP contribution is 2.35. The summed E-state index contributed by atoms with van der Waals surface area (Å²) in [5, 5.41) is 18.4. The van der Waals surface area contributed by atoms with E-state index in [2.05, 4.69) is 0 Å².